The number of nitro groups is 1. The number of benzene rings is 2. The standard InChI is InChI=1S/C22H21ClN2O6/c1-3-9-29-16-7-5-14(20(13-16)30-10-4-2)11-19-22(26)31-21(24-19)17-8-6-15(25(27)28)12-18(17)23/h5-8,11-13H,3-4,9-10H2,1-2H3/b19-11-. The van der Waals surface area contributed by atoms with Crippen LogP contribution in [0.5, 0.6) is 11.5 Å². The van der Waals surface area contributed by atoms with E-state index in [1.807, 2.05) is 13.8 Å². The zero-order valence-electron chi connectivity index (χ0n) is 17.1. The minimum Gasteiger partial charge on any atom is -0.493 e. The third-order valence-corrected chi connectivity index (χ3v) is 4.54. The summed E-state index contributed by atoms with van der Waals surface area (Å²) in [6.45, 7) is 5.11. The van der Waals surface area contributed by atoms with Gasteiger partial charge in [0.05, 0.1) is 28.7 Å². The zero-order valence-corrected chi connectivity index (χ0v) is 17.8. The molecule has 0 N–H and O–H groups in total. The molecule has 0 aromatic heterocycles. The van der Waals surface area contributed by atoms with Gasteiger partial charge in [0, 0.05) is 23.8 Å². The number of ether oxygens (including phenoxy) is 3. The number of carbonyl (C=O) groups is 1. The number of halogens is 1. The molecule has 2 aromatic rings. The average Bonchev–Trinajstić information content (AvgIpc) is 3.11. The molecule has 8 nitrogen and oxygen atoms in total. The van der Waals surface area contributed by atoms with Crippen LogP contribution >= 0.6 is 11.6 Å². The Kier molecular flexibility index (Phi) is 7.25. The summed E-state index contributed by atoms with van der Waals surface area (Å²) in [4.78, 5) is 26.9. The third kappa shape index (κ3) is 5.40. The maximum Gasteiger partial charge on any atom is 0.363 e. The summed E-state index contributed by atoms with van der Waals surface area (Å²) >= 11 is 6.12. The second-order valence-electron chi connectivity index (χ2n) is 6.65. The number of nitro benzene ring substituents is 1. The van der Waals surface area contributed by atoms with E-state index in [2.05, 4.69) is 4.99 Å². The van der Waals surface area contributed by atoms with Gasteiger partial charge in [0.2, 0.25) is 5.90 Å². The molecule has 0 spiro atoms. The molecule has 0 fully saturated rings. The topological polar surface area (TPSA) is 100 Å². The quantitative estimate of drug-likeness (QED) is 0.229. The fourth-order valence-corrected chi connectivity index (χ4v) is 3.00. The van der Waals surface area contributed by atoms with E-state index < -0.39 is 10.9 Å². The minimum atomic E-state index is -0.655. The number of rotatable bonds is 9. The Morgan fingerprint density at radius 3 is 2.55 bits per heavy atom. The summed E-state index contributed by atoms with van der Waals surface area (Å²) in [6.07, 6.45) is 3.26. The van der Waals surface area contributed by atoms with E-state index in [0.717, 1.165) is 12.8 Å². The van der Waals surface area contributed by atoms with Gasteiger partial charge < -0.3 is 14.2 Å². The normalized spacial score (nSPS) is 14.4. The van der Waals surface area contributed by atoms with Gasteiger partial charge in [0.1, 0.15) is 11.5 Å². The molecule has 162 valence electrons. The smallest absolute Gasteiger partial charge is 0.363 e. The lowest BCUT2D eigenvalue weighted by Crippen LogP contribution is -2.06. The van der Waals surface area contributed by atoms with Crippen LogP contribution in [0.25, 0.3) is 6.08 Å². The van der Waals surface area contributed by atoms with Gasteiger partial charge in [-0.3, -0.25) is 10.1 Å². The van der Waals surface area contributed by atoms with E-state index in [4.69, 9.17) is 25.8 Å². The number of cyclic esters (lactones) is 1. The van der Waals surface area contributed by atoms with E-state index in [1.54, 1.807) is 24.3 Å². The van der Waals surface area contributed by atoms with Crippen LogP contribution < -0.4 is 9.47 Å². The van der Waals surface area contributed by atoms with Crippen molar-refractivity contribution in [1.82, 2.24) is 0 Å². The minimum absolute atomic E-state index is 0.0185. The van der Waals surface area contributed by atoms with Crippen LogP contribution in [0.3, 0.4) is 0 Å². The molecular formula is C22H21ClN2O6. The Hall–Kier alpha value is -3.39. The molecule has 2 aromatic carbocycles. The van der Waals surface area contributed by atoms with Crippen LogP contribution in [-0.4, -0.2) is 30.0 Å². The molecule has 1 aliphatic heterocycles. The van der Waals surface area contributed by atoms with Crippen molar-refractivity contribution in [1.29, 1.82) is 0 Å². The summed E-state index contributed by atoms with van der Waals surface area (Å²) in [5, 5.41) is 10.9. The van der Waals surface area contributed by atoms with Crippen LogP contribution in [0, 0.1) is 10.1 Å². The highest BCUT2D eigenvalue weighted by atomic mass is 35.5. The molecule has 0 unspecified atom stereocenters. The van der Waals surface area contributed by atoms with Crippen molar-refractivity contribution in [2.75, 3.05) is 13.2 Å². The Balaban J connectivity index is 1.93. The van der Waals surface area contributed by atoms with E-state index >= 15 is 0 Å². The van der Waals surface area contributed by atoms with Crippen LogP contribution in [0.4, 0.5) is 5.69 Å². The van der Waals surface area contributed by atoms with Crippen molar-refractivity contribution in [3.05, 3.63) is 68.4 Å². The molecule has 0 aliphatic carbocycles. The second kappa shape index (κ2) is 10.1. The van der Waals surface area contributed by atoms with Crippen LogP contribution in [-0.2, 0) is 9.53 Å². The van der Waals surface area contributed by atoms with Crippen molar-refractivity contribution >= 4 is 35.2 Å². The predicted octanol–water partition coefficient (Wildman–Crippen LogP) is 5.17. The Morgan fingerprint density at radius 2 is 1.87 bits per heavy atom. The van der Waals surface area contributed by atoms with Crippen molar-refractivity contribution in [2.45, 2.75) is 26.7 Å². The number of esters is 1. The average molecular weight is 445 g/mol. The number of hydrogen-bond donors (Lipinski definition) is 0. The highest BCUT2D eigenvalue weighted by Gasteiger charge is 2.27. The van der Waals surface area contributed by atoms with Gasteiger partial charge in [0.25, 0.3) is 5.69 Å². The number of hydrogen-bond acceptors (Lipinski definition) is 7. The van der Waals surface area contributed by atoms with Crippen LogP contribution in [0.15, 0.2) is 47.1 Å². The van der Waals surface area contributed by atoms with E-state index in [1.165, 1.54) is 18.2 Å². The van der Waals surface area contributed by atoms with Crippen LogP contribution in [0.2, 0.25) is 5.02 Å². The molecule has 0 saturated heterocycles. The van der Waals surface area contributed by atoms with Crippen LogP contribution in [0.1, 0.15) is 37.8 Å². The zero-order chi connectivity index (χ0) is 22.4. The monoisotopic (exact) mass is 444 g/mol. The van der Waals surface area contributed by atoms with E-state index in [-0.39, 0.29) is 27.9 Å². The van der Waals surface area contributed by atoms with Gasteiger partial charge in [0.15, 0.2) is 5.70 Å². The number of aliphatic imine (C=N–C) groups is 1. The van der Waals surface area contributed by atoms with Crippen molar-refractivity contribution in [2.24, 2.45) is 4.99 Å². The third-order valence-electron chi connectivity index (χ3n) is 4.23. The van der Waals surface area contributed by atoms with Crippen molar-refractivity contribution in [3.63, 3.8) is 0 Å². The largest absolute Gasteiger partial charge is 0.493 e. The molecule has 0 amide bonds. The first-order valence-corrected chi connectivity index (χ1v) is 10.2. The first kappa shape index (κ1) is 22.3. The molecule has 31 heavy (non-hydrogen) atoms. The molecule has 9 heteroatoms. The van der Waals surface area contributed by atoms with Gasteiger partial charge in [-0.2, -0.15) is 0 Å². The SMILES string of the molecule is CCCOc1ccc(/C=C2\N=C(c3ccc([N+](=O)[O-])cc3Cl)OC2=O)c(OCCC)c1. The summed E-state index contributed by atoms with van der Waals surface area (Å²) < 4.78 is 16.7. The van der Waals surface area contributed by atoms with Gasteiger partial charge in [-0.1, -0.05) is 25.4 Å². The molecule has 3 rings (SSSR count). The fraction of sp³-hybridized carbons (Fsp3) is 0.273. The highest BCUT2D eigenvalue weighted by Crippen LogP contribution is 2.30. The first-order valence-electron chi connectivity index (χ1n) is 9.79. The lowest BCUT2D eigenvalue weighted by molar-refractivity contribution is -0.384. The van der Waals surface area contributed by atoms with E-state index in [0.29, 0.717) is 30.3 Å². The maximum atomic E-state index is 12.4. The summed E-state index contributed by atoms with van der Waals surface area (Å²) in [5.74, 6) is 0.561. The highest BCUT2D eigenvalue weighted by molar-refractivity contribution is 6.34. The molecule has 0 saturated carbocycles. The summed E-state index contributed by atoms with van der Waals surface area (Å²) in [7, 11) is 0. The van der Waals surface area contributed by atoms with Crippen molar-refractivity contribution < 1.29 is 23.9 Å². The maximum absolute atomic E-state index is 12.4. The second-order valence-corrected chi connectivity index (χ2v) is 7.06. The number of carbonyl (C=O) groups excluding carboxylic acids is 1. The summed E-state index contributed by atoms with van der Waals surface area (Å²) in [5.41, 5.74) is 0.823. The number of nitrogens with zero attached hydrogens (tertiary/aromatic N) is 2. The summed E-state index contributed by atoms with van der Waals surface area (Å²) in [6, 6.07) is 9.19. The lowest BCUT2D eigenvalue weighted by Gasteiger charge is -2.11. The molecule has 1 aliphatic rings. The Morgan fingerprint density at radius 1 is 1.13 bits per heavy atom. The van der Waals surface area contributed by atoms with Gasteiger partial charge in [-0.25, -0.2) is 9.79 Å². The Bertz CT molecular complexity index is 1060. The van der Waals surface area contributed by atoms with Gasteiger partial charge >= 0.3 is 5.97 Å². The van der Waals surface area contributed by atoms with Gasteiger partial charge in [-0.15, -0.1) is 0 Å². The molecule has 0 atom stereocenters. The first-order chi connectivity index (χ1) is 14.9. The predicted molar refractivity (Wildman–Crippen MR) is 117 cm³/mol. The van der Waals surface area contributed by atoms with Crippen molar-refractivity contribution in [3.8, 4) is 11.5 Å². The molecule has 0 bridgehead atoms. The molecule has 1 heterocycles. The fourth-order valence-electron chi connectivity index (χ4n) is 2.74. The van der Waals surface area contributed by atoms with E-state index in [9.17, 15) is 14.9 Å². The number of non-ortho nitro benzene ring substituents is 1. The Labute approximate surface area is 184 Å². The molecular weight excluding hydrogens is 424 g/mol. The lowest BCUT2D eigenvalue weighted by atomic mass is 10.1. The van der Waals surface area contributed by atoms with Gasteiger partial charge in [-0.05, 0) is 37.1 Å². The molecule has 0 radical (unpaired) electrons.